The van der Waals surface area contributed by atoms with Crippen LogP contribution in [0.3, 0.4) is 0 Å². The fraction of sp³-hybridized carbons (Fsp3) is 0.385. The Morgan fingerprint density at radius 2 is 2.05 bits per heavy atom. The third-order valence-electron chi connectivity index (χ3n) is 2.89. The first-order valence-corrected chi connectivity index (χ1v) is 7.02. The Kier molecular flexibility index (Phi) is 5.82. The summed E-state index contributed by atoms with van der Waals surface area (Å²) in [6.07, 6.45) is 0.663. The predicted molar refractivity (Wildman–Crippen MR) is 77.5 cm³/mol. The molecule has 0 fully saturated rings. The van der Waals surface area contributed by atoms with E-state index < -0.39 is 17.9 Å². The van der Waals surface area contributed by atoms with Gasteiger partial charge in [0, 0.05) is 15.1 Å². The molecule has 1 amide bonds. The number of rotatable bonds is 5. The number of carboxylic acid groups (broad SMARTS) is 1. The number of carboxylic acids is 1. The Morgan fingerprint density at radius 3 is 2.53 bits per heavy atom. The summed E-state index contributed by atoms with van der Waals surface area (Å²) in [5.74, 6) is -1.64. The molecule has 19 heavy (non-hydrogen) atoms. The van der Waals surface area contributed by atoms with Gasteiger partial charge in [0.1, 0.15) is 6.04 Å². The molecule has 0 aliphatic rings. The van der Waals surface area contributed by atoms with Gasteiger partial charge in [-0.3, -0.25) is 4.79 Å². The number of benzene rings is 1. The summed E-state index contributed by atoms with van der Waals surface area (Å²) < 4.78 is 0.667. The summed E-state index contributed by atoms with van der Waals surface area (Å²) in [5, 5.41) is 12.1. The van der Waals surface area contributed by atoms with Crippen LogP contribution in [0.5, 0.6) is 0 Å². The summed E-state index contributed by atoms with van der Waals surface area (Å²) in [4.78, 5) is 23.2. The van der Waals surface area contributed by atoms with E-state index in [2.05, 4.69) is 21.2 Å². The maximum atomic E-state index is 12.0. The Bertz CT molecular complexity index is 473. The van der Waals surface area contributed by atoms with E-state index in [9.17, 15) is 9.59 Å². The highest BCUT2D eigenvalue weighted by molar-refractivity contribution is 9.10. The molecule has 0 radical (unpaired) electrons. The lowest BCUT2D eigenvalue weighted by Gasteiger charge is -2.20. The van der Waals surface area contributed by atoms with E-state index in [0.29, 0.717) is 21.5 Å². The van der Waals surface area contributed by atoms with Gasteiger partial charge in [-0.05, 0) is 24.1 Å². The van der Waals surface area contributed by atoms with Gasteiger partial charge in [0.25, 0.3) is 5.91 Å². The second-order valence-corrected chi connectivity index (χ2v) is 5.69. The third-order valence-corrected chi connectivity index (χ3v) is 3.57. The summed E-state index contributed by atoms with van der Waals surface area (Å²) in [5.41, 5.74) is 0.328. The zero-order chi connectivity index (χ0) is 14.6. The standard InChI is InChI=1S/C13H15BrClNO3/c1-3-7(2)11(13(18)19)16-12(17)8-4-9(14)6-10(15)5-8/h4-7,11H,3H2,1-2H3,(H,16,17)(H,18,19). The second kappa shape index (κ2) is 6.91. The first kappa shape index (κ1) is 16.0. The summed E-state index contributed by atoms with van der Waals surface area (Å²) in [6, 6.07) is 3.84. The van der Waals surface area contributed by atoms with E-state index in [1.807, 2.05) is 6.92 Å². The first-order chi connectivity index (χ1) is 8.85. The van der Waals surface area contributed by atoms with Crippen LogP contribution in [0.2, 0.25) is 5.02 Å². The minimum absolute atomic E-state index is 0.149. The van der Waals surface area contributed by atoms with Gasteiger partial charge in [-0.25, -0.2) is 4.79 Å². The Morgan fingerprint density at radius 1 is 1.42 bits per heavy atom. The smallest absolute Gasteiger partial charge is 0.326 e. The molecule has 0 heterocycles. The molecule has 1 rings (SSSR count). The number of halogens is 2. The molecule has 2 atom stereocenters. The van der Waals surface area contributed by atoms with Crippen LogP contribution in [0.1, 0.15) is 30.6 Å². The topological polar surface area (TPSA) is 66.4 Å². The molecule has 0 bridgehead atoms. The van der Waals surface area contributed by atoms with Gasteiger partial charge in [0.2, 0.25) is 0 Å². The predicted octanol–water partition coefficient (Wildman–Crippen LogP) is 3.33. The maximum Gasteiger partial charge on any atom is 0.326 e. The maximum absolute atomic E-state index is 12.0. The number of carbonyl (C=O) groups is 2. The number of carbonyl (C=O) groups excluding carboxylic acids is 1. The molecule has 104 valence electrons. The molecule has 0 aliphatic heterocycles. The lowest BCUT2D eigenvalue weighted by Crippen LogP contribution is -2.45. The van der Waals surface area contributed by atoms with Gasteiger partial charge >= 0.3 is 5.97 Å². The molecule has 2 unspecified atom stereocenters. The summed E-state index contributed by atoms with van der Waals surface area (Å²) in [6.45, 7) is 3.66. The third kappa shape index (κ3) is 4.51. The fourth-order valence-corrected chi connectivity index (χ4v) is 2.45. The molecular formula is C13H15BrClNO3. The average Bonchev–Trinajstić information content (AvgIpc) is 2.33. The van der Waals surface area contributed by atoms with Gasteiger partial charge in [0.15, 0.2) is 0 Å². The minimum Gasteiger partial charge on any atom is -0.480 e. The zero-order valence-electron chi connectivity index (χ0n) is 10.6. The largest absolute Gasteiger partial charge is 0.480 e. The molecule has 0 saturated carbocycles. The fourth-order valence-electron chi connectivity index (χ4n) is 1.59. The van der Waals surface area contributed by atoms with Crippen molar-refractivity contribution in [3.05, 3.63) is 33.3 Å². The number of hydrogen-bond acceptors (Lipinski definition) is 2. The van der Waals surface area contributed by atoms with E-state index >= 15 is 0 Å². The lowest BCUT2D eigenvalue weighted by atomic mass is 9.99. The van der Waals surface area contributed by atoms with Crippen molar-refractivity contribution < 1.29 is 14.7 Å². The van der Waals surface area contributed by atoms with Gasteiger partial charge in [-0.2, -0.15) is 0 Å². The monoisotopic (exact) mass is 347 g/mol. The number of hydrogen-bond donors (Lipinski definition) is 2. The van der Waals surface area contributed by atoms with Crippen LogP contribution in [0.15, 0.2) is 22.7 Å². The van der Waals surface area contributed by atoms with E-state index in [4.69, 9.17) is 16.7 Å². The summed E-state index contributed by atoms with van der Waals surface area (Å²) in [7, 11) is 0. The van der Waals surface area contributed by atoms with Crippen molar-refractivity contribution in [3.8, 4) is 0 Å². The number of nitrogens with one attached hydrogen (secondary N) is 1. The highest BCUT2D eigenvalue weighted by atomic mass is 79.9. The van der Waals surface area contributed by atoms with Gasteiger partial charge < -0.3 is 10.4 Å². The highest BCUT2D eigenvalue weighted by Crippen LogP contribution is 2.20. The molecule has 2 N–H and O–H groups in total. The van der Waals surface area contributed by atoms with Gasteiger partial charge in [0.05, 0.1) is 0 Å². The van der Waals surface area contributed by atoms with Crippen LogP contribution in [-0.4, -0.2) is 23.0 Å². The van der Waals surface area contributed by atoms with Gasteiger partial charge in [-0.1, -0.05) is 47.8 Å². The Balaban J connectivity index is 2.90. The molecular weight excluding hydrogens is 334 g/mol. The van der Waals surface area contributed by atoms with Crippen molar-refractivity contribution in [1.29, 1.82) is 0 Å². The number of aliphatic carboxylic acids is 1. The first-order valence-electron chi connectivity index (χ1n) is 5.85. The van der Waals surface area contributed by atoms with Crippen LogP contribution in [0.4, 0.5) is 0 Å². The van der Waals surface area contributed by atoms with E-state index in [1.54, 1.807) is 19.1 Å². The molecule has 0 aliphatic carbocycles. The normalized spacial score (nSPS) is 13.7. The van der Waals surface area contributed by atoms with Crippen LogP contribution in [-0.2, 0) is 4.79 Å². The molecule has 1 aromatic carbocycles. The molecule has 1 aromatic rings. The van der Waals surface area contributed by atoms with Gasteiger partial charge in [-0.15, -0.1) is 0 Å². The van der Waals surface area contributed by atoms with E-state index in [-0.39, 0.29) is 5.92 Å². The van der Waals surface area contributed by atoms with Crippen molar-refractivity contribution >= 4 is 39.4 Å². The molecule has 6 heteroatoms. The SMILES string of the molecule is CCC(C)C(NC(=O)c1cc(Cl)cc(Br)c1)C(=O)O. The lowest BCUT2D eigenvalue weighted by molar-refractivity contribution is -0.140. The average molecular weight is 349 g/mol. The minimum atomic E-state index is -1.04. The van der Waals surface area contributed by atoms with Crippen molar-refractivity contribution in [2.45, 2.75) is 26.3 Å². The van der Waals surface area contributed by atoms with Crippen LogP contribution in [0, 0.1) is 5.92 Å². The molecule has 4 nitrogen and oxygen atoms in total. The molecule has 0 aromatic heterocycles. The quantitative estimate of drug-likeness (QED) is 0.857. The van der Waals surface area contributed by atoms with Crippen LogP contribution >= 0.6 is 27.5 Å². The zero-order valence-corrected chi connectivity index (χ0v) is 13.0. The Hall–Kier alpha value is -1.07. The van der Waals surface area contributed by atoms with Crippen molar-refractivity contribution in [2.24, 2.45) is 5.92 Å². The van der Waals surface area contributed by atoms with Crippen molar-refractivity contribution in [2.75, 3.05) is 0 Å². The van der Waals surface area contributed by atoms with E-state index in [1.165, 1.54) is 6.07 Å². The van der Waals surface area contributed by atoms with Crippen molar-refractivity contribution in [3.63, 3.8) is 0 Å². The summed E-state index contributed by atoms with van der Waals surface area (Å²) >= 11 is 9.10. The molecule has 0 saturated heterocycles. The Labute approximate surface area is 125 Å². The molecule has 0 spiro atoms. The van der Waals surface area contributed by atoms with Crippen LogP contribution < -0.4 is 5.32 Å². The van der Waals surface area contributed by atoms with Crippen LogP contribution in [0.25, 0.3) is 0 Å². The van der Waals surface area contributed by atoms with E-state index in [0.717, 1.165) is 0 Å². The second-order valence-electron chi connectivity index (χ2n) is 4.33. The number of amides is 1. The van der Waals surface area contributed by atoms with Crippen molar-refractivity contribution in [1.82, 2.24) is 5.32 Å². The highest BCUT2D eigenvalue weighted by Gasteiger charge is 2.25.